The molecule has 0 radical (unpaired) electrons. The molecule has 0 atom stereocenters. The average molecular weight is 322 g/mol. The third kappa shape index (κ3) is 2.37. The minimum Gasteiger partial charge on any atom is -0.326 e. The van der Waals surface area contributed by atoms with E-state index in [4.69, 9.17) is 5.73 Å². The third-order valence-electron chi connectivity index (χ3n) is 3.79. The minimum atomic E-state index is -3.54. The number of hydrogen-bond acceptors (Lipinski definition) is 4. The SMILES string of the molecule is Cc1csc(CN)c1S(=O)(=O)N1CCCc2ccccc21. The van der Waals surface area contributed by atoms with Crippen LogP contribution in [0.1, 0.15) is 22.4 Å². The van der Waals surface area contributed by atoms with Crippen LogP contribution in [0.4, 0.5) is 5.69 Å². The minimum absolute atomic E-state index is 0.253. The van der Waals surface area contributed by atoms with E-state index in [9.17, 15) is 8.42 Å². The van der Waals surface area contributed by atoms with Gasteiger partial charge in [0.05, 0.1) is 5.69 Å². The Bertz CT molecular complexity index is 766. The fourth-order valence-corrected chi connectivity index (χ4v) is 6.03. The Morgan fingerprint density at radius 1 is 1.33 bits per heavy atom. The fourth-order valence-electron chi connectivity index (χ4n) is 2.83. The molecular formula is C15H18N2O2S2. The molecule has 2 aromatic rings. The number of nitrogens with two attached hydrogens (primary N) is 1. The molecule has 21 heavy (non-hydrogen) atoms. The van der Waals surface area contributed by atoms with E-state index >= 15 is 0 Å². The largest absolute Gasteiger partial charge is 0.326 e. The second-order valence-corrected chi connectivity index (χ2v) is 7.95. The Morgan fingerprint density at radius 2 is 2.10 bits per heavy atom. The first-order valence-corrected chi connectivity index (χ1v) is 9.25. The summed E-state index contributed by atoms with van der Waals surface area (Å²) in [5, 5.41) is 1.87. The molecule has 0 bridgehead atoms. The van der Waals surface area contributed by atoms with Crippen molar-refractivity contribution in [1.29, 1.82) is 0 Å². The van der Waals surface area contributed by atoms with Gasteiger partial charge in [0.1, 0.15) is 4.90 Å². The van der Waals surface area contributed by atoms with Crippen molar-refractivity contribution < 1.29 is 8.42 Å². The van der Waals surface area contributed by atoms with Crippen LogP contribution in [0, 0.1) is 6.92 Å². The van der Waals surface area contributed by atoms with E-state index < -0.39 is 10.0 Å². The standard InChI is InChI=1S/C15H18N2O2S2/c1-11-10-20-14(9-16)15(11)21(18,19)17-8-4-6-12-5-2-3-7-13(12)17/h2-3,5,7,10H,4,6,8-9,16H2,1H3. The molecule has 0 fully saturated rings. The molecule has 0 unspecified atom stereocenters. The van der Waals surface area contributed by atoms with Gasteiger partial charge in [-0.3, -0.25) is 4.31 Å². The zero-order valence-corrected chi connectivity index (χ0v) is 13.5. The lowest BCUT2D eigenvalue weighted by Gasteiger charge is -2.30. The molecule has 0 aliphatic carbocycles. The van der Waals surface area contributed by atoms with E-state index in [2.05, 4.69) is 0 Å². The molecule has 1 aromatic heterocycles. The molecule has 0 spiro atoms. The first-order valence-electron chi connectivity index (χ1n) is 6.93. The number of para-hydroxylation sites is 1. The summed E-state index contributed by atoms with van der Waals surface area (Å²) in [6, 6.07) is 7.73. The van der Waals surface area contributed by atoms with Crippen molar-refractivity contribution in [2.75, 3.05) is 10.8 Å². The molecule has 2 N–H and O–H groups in total. The second-order valence-electron chi connectivity index (χ2n) is 5.18. The van der Waals surface area contributed by atoms with E-state index in [0.29, 0.717) is 11.4 Å². The van der Waals surface area contributed by atoms with Gasteiger partial charge in [0, 0.05) is 18.0 Å². The quantitative estimate of drug-likeness (QED) is 0.945. The molecule has 4 nitrogen and oxygen atoms in total. The van der Waals surface area contributed by atoms with Gasteiger partial charge < -0.3 is 5.73 Å². The Kier molecular flexibility index (Phi) is 3.77. The summed E-state index contributed by atoms with van der Waals surface area (Å²) >= 11 is 1.42. The van der Waals surface area contributed by atoms with Crippen molar-refractivity contribution in [2.45, 2.75) is 31.2 Å². The number of nitrogens with zero attached hydrogens (tertiary/aromatic N) is 1. The molecular weight excluding hydrogens is 304 g/mol. The van der Waals surface area contributed by atoms with Gasteiger partial charge in [-0.05, 0) is 42.3 Å². The van der Waals surface area contributed by atoms with Crippen LogP contribution in [-0.4, -0.2) is 15.0 Å². The van der Waals surface area contributed by atoms with Crippen molar-refractivity contribution in [1.82, 2.24) is 0 Å². The van der Waals surface area contributed by atoms with Gasteiger partial charge in [0.15, 0.2) is 0 Å². The van der Waals surface area contributed by atoms with Crippen LogP contribution in [-0.2, 0) is 23.0 Å². The molecule has 1 aliphatic heterocycles. The van der Waals surface area contributed by atoms with Gasteiger partial charge in [-0.1, -0.05) is 18.2 Å². The average Bonchev–Trinajstić information content (AvgIpc) is 2.88. The fraction of sp³-hybridized carbons (Fsp3) is 0.333. The van der Waals surface area contributed by atoms with Crippen LogP contribution < -0.4 is 10.0 Å². The highest BCUT2D eigenvalue weighted by atomic mass is 32.2. The molecule has 112 valence electrons. The molecule has 0 saturated carbocycles. The van der Waals surface area contributed by atoms with E-state index in [1.54, 1.807) is 4.31 Å². The Hall–Kier alpha value is -1.37. The molecule has 0 saturated heterocycles. The van der Waals surface area contributed by atoms with Crippen LogP contribution in [0.3, 0.4) is 0 Å². The van der Waals surface area contributed by atoms with Gasteiger partial charge in [0.2, 0.25) is 0 Å². The van der Waals surface area contributed by atoms with Crippen LogP contribution >= 0.6 is 11.3 Å². The number of hydrogen-bond donors (Lipinski definition) is 1. The highest BCUT2D eigenvalue weighted by Crippen LogP contribution is 2.35. The van der Waals surface area contributed by atoms with Gasteiger partial charge in [-0.2, -0.15) is 0 Å². The topological polar surface area (TPSA) is 63.4 Å². The van der Waals surface area contributed by atoms with Crippen LogP contribution in [0.25, 0.3) is 0 Å². The Morgan fingerprint density at radius 3 is 2.86 bits per heavy atom. The number of benzene rings is 1. The van der Waals surface area contributed by atoms with Crippen LogP contribution in [0.15, 0.2) is 34.5 Å². The second kappa shape index (κ2) is 5.44. The van der Waals surface area contributed by atoms with Crippen molar-refractivity contribution in [3.05, 3.63) is 45.6 Å². The van der Waals surface area contributed by atoms with Crippen LogP contribution in [0.2, 0.25) is 0 Å². The summed E-state index contributed by atoms with van der Waals surface area (Å²) < 4.78 is 27.7. The molecule has 1 aromatic carbocycles. The van der Waals surface area contributed by atoms with Crippen molar-refractivity contribution >= 4 is 27.0 Å². The monoisotopic (exact) mass is 322 g/mol. The zero-order valence-electron chi connectivity index (χ0n) is 11.9. The summed E-state index contributed by atoms with van der Waals surface area (Å²) in [6.07, 6.45) is 1.77. The van der Waals surface area contributed by atoms with Gasteiger partial charge in [0.25, 0.3) is 10.0 Å². The van der Waals surface area contributed by atoms with E-state index in [0.717, 1.165) is 34.5 Å². The molecule has 2 heterocycles. The number of thiophene rings is 1. The molecule has 1 aliphatic rings. The van der Waals surface area contributed by atoms with Crippen molar-refractivity contribution in [2.24, 2.45) is 5.73 Å². The highest BCUT2D eigenvalue weighted by molar-refractivity contribution is 7.93. The van der Waals surface area contributed by atoms with E-state index in [-0.39, 0.29) is 6.54 Å². The molecule has 0 amide bonds. The lowest BCUT2D eigenvalue weighted by molar-refractivity contribution is 0.585. The summed E-state index contributed by atoms with van der Waals surface area (Å²) in [7, 11) is -3.54. The number of rotatable bonds is 3. The summed E-state index contributed by atoms with van der Waals surface area (Å²) in [5.41, 5.74) is 8.39. The van der Waals surface area contributed by atoms with Gasteiger partial charge in [-0.25, -0.2) is 8.42 Å². The summed E-state index contributed by atoms with van der Waals surface area (Å²) in [4.78, 5) is 1.13. The molecule has 6 heteroatoms. The maximum Gasteiger partial charge on any atom is 0.265 e. The number of aryl methyl sites for hydroxylation is 2. The Balaban J connectivity index is 2.14. The maximum absolute atomic E-state index is 13.1. The van der Waals surface area contributed by atoms with E-state index in [1.807, 2.05) is 36.6 Å². The lowest BCUT2D eigenvalue weighted by Crippen LogP contribution is -2.36. The van der Waals surface area contributed by atoms with E-state index in [1.165, 1.54) is 11.3 Å². The first-order chi connectivity index (χ1) is 10.1. The highest BCUT2D eigenvalue weighted by Gasteiger charge is 2.32. The number of anilines is 1. The smallest absolute Gasteiger partial charge is 0.265 e. The van der Waals surface area contributed by atoms with Crippen molar-refractivity contribution in [3.8, 4) is 0 Å². The predicted molar refractivity (Wildman–Crippen MR) is 86.2 cm³/mol. The first kappa shape index (κ1) is 14.6. The van der Waals surface area contributed by atoms with Crippen molar-refractivity contribution in [3.63, 3.8) is 0 Å². The van der Waals surface area contributed by atoms with Crippen LogP contribution in [0.5, 0.6) is 0 Å². The normalized spacial score (nSPS) is 15.0. The summed E-state index contributed by atoms with van der Waals surface area (Å²) in [5.74, 6) is 0. The van der Waals surface area contributed by atoms with Gasteiger partial charge in [-0.15, -0.1) is 11.3 Å². The third-order valence-corrected chi connectivity index (χ3v) is 7.09. The maximum atomic E-state index is 13.1. The van der Waals surface area contributed by atoms with Gasteiger partial charge >= 0.3 is 0 Å². The number of sulfonamides is 1. The zero-order chi connectivity index (χ0) is 15.0. The Labute approximate surface area is 129 Å². The predicted octanol–water partition coefficient (Wildman–Crippen LogP) is 2.66. The number of fused-ring (bicyclic) bond motifs is 1. The lowest BCUT2D eigenvalue weighted by atomic mass is 10.0. The summed E-state index contributed by atoms with van der Waals surface area (Å²) in [6.45, 7) is 2.61. The molecule has 3 rings (SSSR count).